The number of benzene rings is 2. The summed E-state index contributed by atoms with van der Waals surface area (Å²) in [5.74, 6) is 0.792. The Hall–Kier alpha value is -1.64. The second-order valence-electron chi connectivity index (χ2n) is 4.26. The lowest BCUT2D eigenvalue weighted by atomic mass is 10.1. The molecule has 0 saturated carbocycles. The van der Waals surface area contributed by atoms with Crippen LogP contribution in [0.3, 0.4) is 0 Å². The molecule has 0 unspecified atom stereocenters. The van der Waals surface area contributed by atoms with Crippen LogP contribution < -0.4 is 5.32 Å². The van der Waals surface area contributed by atoms with Crippen molar-refractivity contribution in [1.29, 1.82) is 0 Å². The molecule has 0 saturated heterocycles. The van der Waals surface area contributed by atoms with Gasteiger partial charge >= 0.3 is 0 Å². The van der Waals surface area contributed by atoms with Crippen LogP contribution in [0.25, 0.3) is 11.8 Å². The first-order valence-electron chi connectivity index (χ1n) is 5.79. The van der Waals surface area contributed by atoms with Crippen molar-refractivity contribution in [3.8, 4) is 0 Å². The quantitative estimate of drug-likeness (QED) is 0.780. The molecule has 0 atom stereocenters. The average Bonchev–Trinajstić information content (AvgIpc) is 2.53. The molecule has 0 bridgehead atoms. The van der Waals surface area contributed by atoms with E-state index in [2.05, 4.69) is 5.32 Å². The van der Waals surface area contributed by atoms with Gasteiger partial charge in [0.1, 0.15) is 5.76 Å². The number of nitrogens with one attached hydrogen (secondary N) is 1. The number of halogens is 2. The Labute approximate surface area is 121 Å². The first kappa shape index (κ1) is 12.4. The lowest BCUT2D eigenvalue weighted by Gasteiger charge is -2.11. The van der Waals surface area contributed by atoms with E-state index in [1.54, 1.807) is 7.11 Å². The number of ether oxygens (including phenoxy) is 1. The summed E-state index contributed by atoms with van der Waals surface area (Å²) in [6.45, 7) is 0. The molecule has 0 amide bonds. The van der Waals surface area contributed by atoms with E-state index >= 15 is 0 Å². The highest BCUT2D eigenvalue weighted by molar-refractivity contribution is 6.31. The number of fused-ring (bicyclic) bond motifs is 2. The fourth-order valence-corrected chi connectivity index (χ4v) is 2.47. The molecule has 19 heavy (non-hydrogen) atoms. The van der Waals surface area contributed by atoms with Gasteiger partial charge in [-0.05, 0) is 36.4 Å². The van der Waals surface area contributed by atoms with Crippen LogP contribution >= 0.6 is 23.2 Å². The highest BCUT2D eigenvalue weighted by Crippen LogP contribution is 2.37. The van der Waals surface area contributed by atoms with Crippen molar-refractivity contribution in [2.24, 2.45) is 0 Å². The highest BCUT2D eigenvalue weighted by atomic mass is 35.5. The number of hydrogen-bond donors (Lipinski definition) is 1. The zero-order chi connectivity index (χ0) is 13.4. The maximum Gasteiger partial charge on any atom is 0.128 e. The maximum absolute atomic E-state index is 6.05. The summed E-state index contributed by atoms with van der Waals surface area (Å²) in [4.78, 5) is 0. The predicted molar refractivity (Wildman–Crippen MR) is 81.1 cm³/mol. The summed E-state index contributed by atoms with van der Waals surface area (Å²) in [7, 11) is 1.66. The molecular weight excluding hydrogens is 281 g/mol. The van der Waals surface area contributed by atoms with Gasteiger partial charge in [0.25, 0.3) is 0 Å². The Morgan fingerprint density at radius 3 is 2.37 bits per heavy atom. The third-order valence-corrected chi connectivity index (χ3v) is 3.51. The van der Waals surface area contributed by atoms with Crippen LogP contribution in [-0.2, 0) is 4.74 Å². The monoisotopic (exact) mass is 291 g/mol. The summed E-state index contributed by atoms with van der Waals surface area (Å²) >= 11 is 12.1. The molecule has 1 aliphatic heterocycles. The zero-order valence-corrected chi connectivity index (χ0v) is 11.7. The van der Waals surface area contributed by atoms with Crippen molar-refractivity contribution in [3.05, 3.63) is 57.6 Å². The fraction of sp³-hybridized carbons (Fsp3) is 0.0667. The van der Waals surface area contributed by atoms with E-state index in [4.69, 9.17) is 27.9 Å². The van der Waals surface area contributed by atoms with Crippen molar-refractivity contribution in [2.45, 2.75) is 0 Å². The van der Waals surface area contributed by atoms with Crippen molar-refractivity contribution in [3.63, 3.8) is 0 Å². The molecule has 0 radical (unpaired) electrons. The lowest BCUT2D eigenvalue weighted by Crippen LogP contribution is -1.95. The molecular formula is C15H11Cl2NO. The Bertz CT molecular complexity index is 680. The van der Waals surface area contributed by atoms with Gasteiger partial charge in [0.15, 0.2) is 0 Å². The number of anilines is 2. The third-order valence-electron chi connectivity index (χ3n) is 3.04. The van der Waals surface area contributed by atoms with E-state index in [9.17, 15) is 0 Å². The Morgan fingerprint density at radius 1 is 0.947 bits per heavy atom. The second kappa shape index (κ2) is 4.80. The van der Waals surface area contributed by atoms with Gasteiger partial charge < -0.3 is 10.1 Å². The molecule has 0 aliphatic carbocycles. The van der Waals surface area contributed by atoms with E-state index in [1.807, 2.05) is 42.5 Å². The van der Waals surface area contributed by atoms with E-state index in [-0.39, 0.29) is 0 Å². The molecule has 1 heterocycles. The Balaban J connectivity index is 2.24. The van der Waals surface area contributed by atoms with Crippen molar-refractivity contribution in [2.75, 3.05) is 12.4 Å². The molecule has 96 valence electrons. The van der Waals surface area contributed by atoms with Gasteiger partial charge in [-0.2, -0.15) is 0 Å². The van der Waals surface area contributed by atoms with E-state index in [1.165, 1.54) is 0 Å². The van der Waals surface area contributed by atoms with Crippen LogP contribution in [0.5, 0.6) is 0 Å². The summed E-state index contributed by atoms with van der Waals surface area (Å²) < 4.78 is 5.47. The molecule has 3 rings (SSSR count). The molecule has 2 nitrogen and oxygen atoms in total. The van der Waals surface area contributed by atoms with Crippen LogP contribution in [-0.4, -0.2) is 7.11 Å². The summed E-state index contributed by atoms with van der Waals surface area (Å²) in [6, 6.07) is 11.4. The molecule has 2 aromatic rings. The van der Waals surface area contributed by atoms with Crippen LogP contribution in [0, 0.1) is 0 Å². The van der Waals surface area contributed by atoms with Gasteiger partial charge in [0.2, 0.25) is 0 Å². The van der Waals surface area contributed by atoms with Crippen LogP contribution in [0.15, 0.2) is 36.4 Å². The van der Waals surface area contributed by atoms with E-state index in [0.29, 0.717) is 10.0 Å². The first-order valence-corrected chi connectivity index (χ1v) is 6.55. The van der Waals surface area contributed by atoms with Crippen LogP contribution in [0.2, 0.25) is 10.0 Å². The highest BCUT2D eigenvalue weighted by Gasteiger charge is 2.15. The molecule has 4 heteroatoms. The summed E-state index contributed by atoms with van der Waals surface area (Å²) in [5.41, 5.74) is 3.83. The predicted octanol–water partition coefficient (Wildman–Crippen LogP) is 5.19. The molecule has 2 aromatic carbocycles. The van der Waals surface area contributed by atoms with Crippen LogP contribution in [0.1, 0.15) is 11.1 Å². The van der Waals surface area contributed by atoms with Gasteiger partial charge in [-0.25, -0.2) is 0 Å². The standard InChI is InChI=1S/C15H11Cl2NO/c1-19-15-6-9-2-3-10(16)7-13(9)18-14-8-11(17)4-5-12(14)15/h2-8,18H,1H3. The van der Waals surface area contributed by atoms with E-state index < -0.39 is 0 Å². The second-order valence-corrected chi connectivity index (χ2v) is 5.13. The van der Waals surface area contributed by atoms with Crippen LogP contribution in [0.4, 0.5) is 11.4 Å². The normalized spacial score (nSPS) is 12.7. The minimum Gasteiger partial charge on any atom is -0.496 e. The van der Waals surface area contributed by atoms with E-state index in [0.717, 1.165) is 28.3 Å². The molecule has 0 fully saturated rings. The third kappa shape index (κ3) is 2.29. The minimum atomic E-state index is 0.673. The Morgan fingerprint density at radius 2 is 1.63 bits per heavy atom. The molecule has 1 aliphatic rings. The SMILES string of the molecule is COC1=Cc2ccc(Cl)cc2Nc2cc(Cl)ccc21. The largest absolute Gasteiger partial charge is 0.496 e. The summed E-state index contributed by atoms with van der Waals surface area (Å²) in [5, 5.41) is 4.71. The Kier molecular flexibility index (Phi) is 3.13. The molecule has 1 N–H and O–H groups in total. The smallest absolute Gasteiger partial charge is 0.128 e. The summed E-state index contributed by atoms with van der Waals surface area (Å²) in [6.07, 6.45) is 1.98. The van der Waals surface area contributed by atoms with Crippen molar-refractivity contribution < 1.29 is 4.74 Å². The fourth-order valence-electron chi connectivity index (χ4n) is 2.13. The first-order chi connectivity index (χ1) is 9.17. The van der Waals surface area contributed by atoms with Gasteiger partial charge in [0.05, 0.1) is 12.8 Å². The zero-order valence-electron chi connectivity index (χ0n) is 10.2. The van der Waals surface area contributed by atoms with Gasteiger partial charge in [0, 0.05) is 26.9 Å². The van der Waals surface area contributed by atoms with Gasteiger partial charge in [-0.15, -0.1) is 0 Å². The lowest BCUT2D eigenvalue weighted by molar-refractivity contribution is 0.373. The molecule has 0 aromatic heterocycles. The van der Waals surface area contributed by atoms with Crippen molar-refractivity contribution >= 4 is 46.4 Å². The van der Waals surface area contributed by atoms with Crippen molar-refractivity contribution in [1.82, 2.24) is 0 Å². The molecule has 0 spiro atoms. The topological polar surface area (TPSA) is 21.3 Å². The maximum atomic E-state index is 6.05. The average molecular weight is 292 g/mol. The number of hydrogen-bond acceptors (Lipinski definition) is 2. The number of methoxy groups -OCH3 is 1. The number of rotatable bonds is 1. The van der Waals surface area contributed by atoms with Gasteiger partial charge in [-0.3, -0.25) is 0 Å². The minimum absolute atomic E-state index is 0.673. The van der Waals surface area contributed by atoms with Gasteiger partial charge in [-0.1, -0.05) is 29.3 Å².